The normalized spacial score (nSPS) is 40.1. The summed E-state index contributed by atoms with van der Waals surface area (Å²) in [7, 11) is 0. The van der Waals surface area contributed by atoms with Crippen LogP contribution < -0.4 is 10.1 Å². The van der Waals surface area contributed by atoms with Gasteiger partial charge < -0.3 is 10.1 Å². The zero-order chi connectivity index (χ0) is 18.5. The van der Waals surface area contributed by atoms with Crippen molar-refractivity contribution in [3.05, 3.63) is 5.21 Å². The molecule has 3 rings (SSSR count). The fraction of sp³-hybridized carbons (Fsp3) is 0.950. The van der Waals surface area contributed by atoms with Gasteiger partial charge in [0.2, 0.25) is 0 Å². The molecular weight excluding hydrogens is 352 g/mol. The number of hydrogen-bond acceptors (Lipinski definition) is 3. The molecular formula is C20H36ClN2O3+. The topological polar surface area (TPSA) is 69.2 Å². The summed E-state index contributed by atoms with van der Waals surface area (Å²) in [5.41, 5.74) is 0. The first kappa shape index (κ1) is 20.5. The second-order valence-electron chi connectivity index (χ2n) is 9.08. The zero-order valence-corrected chi connectivity index (χ0v) is 16.7. The maximum Gasteiger partial charge on any atom is 0.189 e. The molecule has 6 heteroatoms. The first-order valence-corrected chi connectivity index (χ1v) is 11.2. The van der Waals surface area contributed by atoms with Crippen molar-refractivity contribution in [1.82, 2.24) is 0 Å². The Kier molecular flexibility index (Phi) is 7.76. The second-order valence-corrected chi connectivity index (χ2v) is 9.69. The molecule has 2 saturated carbocycles. The Labute approximate surface area is 162 Å². The van der Waals surface area contributed by atoms with Crippen LogP contribution in [0.1, 0.15) is 70.6 Å². The average molecular weight is 388 g/mol. The van der Waals surface area contributed by atoms with Gasteiger partial charge in [-0.2, -0.15) is 0 Å². The van der Waals surface area contributed by atoms with Gasteiger partial charge in [-0.3, -0.25) is 4.79 Å². The Bertz CT molecular complexity index is 438. The Morgan fingerprint density at radius 3 is 2.12 bits per heavy atom. The van der Waals surface area contributed by atoms with Crippen LogP contribution in [-0.2, 0) is 4.79 Å². The summed E-state index contributed by atoms with van der Waals surface area (Å²) in [4.78, 5) is 14.0. The van der Waals surface area contributed by atoms with Crippen LogP contribution in [-0.4, -0.2) is 42.0 Å². The van der Waals surface area contributed by atoms with E-state index in [1.165, 1.54) is 24.2 Å². The maximum absolute atomic E-state index is 12.5. The number of Topliss-reactive ketones (excluding diaryl/α,β-unsaturated/α-hetero) is 1. The van der Waals surface area contributed by atoms with E-state index >= 15 is 0 Å². The SMILES string of the molecule is O=C(C[NH+]1CCC(CC2CCC([NH+]([O-])O)CC2)CC1)C1CCC(Cl)CC1. The first-order valence-electron chi connectivity index (χ1n) is 10.7. The standard InChI is InChI=1S/C20H35ClN2O3/c21-18-5-3-17(4-6-18)20(24)14-22-11-9-16(10-12-22)13-15-1-7-19(8-2-15)23(25)26/h15-19,23,25H,1-14H2/p+1. The molecule has 1 saturated heterocycles. The molecule has 1 aliphatic heterocycles. The summed E-state index contributed by atoms with van der Waals surface area (Å²) >= 11 is 6.15. The Hall–Kier alpha value is -0.200. The molecule has 5 nitrogen and oxygen atoms in total. The summed E-state index contributed by atoms with van der Waals surface area (Å²) in [6.07, 6.45) is 11.6. The number of alkyl halides is 1. The van der Waals surface area contributed by atoms with Crippen LogP contribution in [0.5, 0.6) is 0 Å². The van der Waals surface area contributed by atoms with E-state index in [4.69, 9.17) is 16.8 Å². The van der Waals surface area contributed by atoms with E-state index in [9.17, 15) is 10.0 Å². The molecule has 3 aliphatic rings. The van der Waals surface area contributed by atoms with Crippen molar-refractivity contribution < 1.29 is 20.1 Å². The summed E-state index contributed by atoms with van der Waals surface area (Å²) in [5, 5.41) is 19.9. The van der Waals surface area contributed by atoms with Gasteiger partial charge in [-0.05, 0) is 69.6 Å². The van der Waals surface area contributed by atoms with Gasteiger partial charge in [0, 0.05) is 24.1 Å². The van der Waals surface area contributed by atoms with Crippen LogP contribution in [0.25, 0.3) is 0 Å². The van der Waals surface area contributed by atoms with Crippen molar-refractivity contribution in [2.24, 2.45) is 17.8 Å². The molecule has 26 heavy (non-hydrogen) atoms. The van der Waals surface area contributed by atoms with Gasteiger partial charge in [0.25, 0.3) is 0 Å². The molecule has 1 unspecified atom stereocenters. The van der Waals surface area contributed by atoms with Gasteiger partial charge in [-0.15, -0.1) is 11.6 Å². The number of likely N-dealkylation sites (tertiary alicyclic amines) is 1. The lowest BCUT2D eigenvalue weighted by molar-refractivity contribution is -1.07. The highest BCUT2D eigenvalue weighted by molar-refractivity contribution is 6.20. The Morgan fingerprint density at radius 2 is 1.54 bits per heavy atom. The number of piperidine rings is 1. The summed E-state index contributed by atoms with van der Waals surface area (Å²) in [6, 6.07) is -0.0996. The quantitative estimate of drug-likeness (QED) is 0.476. The molecule has 3 N–H and O–H groups in total. The Balaban J connectivity index is 1.32. The van der Waals surface area contributed by atoms with Gasteiger partial charge in [-0.25, -0.2) is 10.4 Å². The smallest absolute Gasteiger partial charge is 0.189 e. The van der Waals surface area contributed by atoms with Gasteiger partial charge in [-0.1, -0.05) is 0 Å². The van der Waals surface area contributed by atoms with Crippen molar-refractivity contribution in [3.63, 3.8) is 0 Å². The molecule has 1 heterocycles. The molecule has 1 atom stereocenters. The summed E-state index contributed by atoms with van der Waals surface area (Å²) in [5.74, 6) is 2.24. The largest absolute Gasteiger partial charge is 0.600 e. The molecule has 0 amide bonds. The van der Waals surface area contributed by atoms with E-state index in [2.05, 4.69) is 0 Å². The van der Waals surface area contributed by atoms with Crippen molar-refractivity contribution in [3.8, 4) is 0 Å². The molecule has 2 aliphatic carbocycles. The van der Waals surface area contributed by atoms with Crippen LogP contribution in [0.4, 0.5) is 0 Å². The average Bonchev–Trinajstić information content (AvgIpc) is 2.64. The summed E-state index contributed by atoms with van der Waals surface area (Å²) in [6.45, 7) is 2.98. The molecule has 0 aromatic rings. The van der Waals surface area contributed by atoms with Crippen molar-refractivity contribution >= 4 is 17.4 Å². The number of rotatable bonds is 6. The number of carbonyl (C=O) groups excluding carboxylic acids is 1. The van der Waals surface area contributed by atoms with Crippen LogP contribution in [0.15, 0.2) is 0 Å². The van der Waals surface area contributed by atoms with Gasteiger partial charge in [0.05, 0.1) is 13.1 Å². The monoisotopic (exact) mass is 387 g/mol. The van der Waals surface area contributed by atoms with Gasteiger partial charge >= 0.3 is 0 Å². The first-order chi connectivity index (χ1) is 12.5. The van der Waals surface area contributed by atoms with E-state index in [0.29, 0.717) is 12.3 Å². The number of hydroxylamine groups is 2. The molecule has 0 radical (unpaired) electrons. The lowest BCUT2D eigenvalue weighted by Gasteiger charge is -2.35. The number of ketones is 1. The fourth-order valence-corrected chi connectivity index (χ4v) is 5.63. The van der Waals surface area contributed by atoms with Crippen molar-refractivity contribution in [2.75, 3.05) is 19.6 Å². The number of carbonyl (C=O) groups is 1. The minimum Gasteiger partial charge on any atom is -0.600 e. The zero-order valence-electron chi connectivity index (χ0n) is 15.9. The number of hydrogen-bond donors (Lipinski definition) is 3. The minimum atomic E-state index is -0.607. The molecule has 0 bridgehead atoms. The highest BCUT2D eigenvalue weighted by Gasteiger charge is 2.32. The van der Waals surface area contributed by atoms with Gasteiger partial charge in [0.1, 0.15) is 12.6 Å². The number of halogens is 1. The molecule has 0 aromatic heterocycles. The third-order valence-electron chi connectivity index (χ3n) is 7.21. The van der Waals surface area contributed by atoms with Crippen LogP contribution >= 0.6 is 11.6 Å². The minimum absolute atomic E-state index is 0.0996. The number of nitrogens with one attached hydrogen (secondary N) is 2. The fourth-order valence-electron chi connectivity index (χ4n) is 5.38. The second kappa shape index (κ2) is 9.83. The number of quaternary nitrogens is 2. The van der Waals surface area contributed by atoms with E-state index in [1.807, 2.05) is 0 Å². The van der Waals surface area contributed by atoms with E-state index in [1.54, 1.807) is 0 Å². The van der Waals surface area contributed by atoms with Gasteiger partial charge in [0.15, 0.2) is 5.78 Å². The highest BCUT2D eigenvalue weighted by Crippen LogP contribution is 2.31. The lowest BCUT2D eigenvalue weighted by atomic mass is 9.78. The predicted molar refractivity (Wildman–Crippen MR) is 101 cm³/mol. The molecule has 0 spiro atoms. The molecule has 150 valence electrons. The van der Waals surface area contributed by atoms with Crippen LogP contribution in [0, 0.1) is 23.0 Å². The third kappa shape index (κ3) is 5.90. The predicted octanol–water partition coefficient (Wildman–Crippen LogP) is 1.37. The van der Waals surface area contributed by atoms with Crippen LogP contribution in [0.3, 0.4) is 0 Å². The summed E-state index contributed by atoms with van der Waals surface area (Å²) < 4.78 is 0. The Morgan fingerprint density at radius 1 is 0.962 bits per heavy atom. The molecule has 0 aromatic carbocycles. The highest BCUT2D eigenvalue weighted by atomic mass is 35.5. The van der Waals surface area contributed by atoms with Crippen molar-refractivity contribution in [2.45, 2.75) is 82.0 Å². The maximum atomic E-state index is 12.5. The van der Waals surface area contributed by atoms with Crippen molar-refractivity contribution in [1.29, 1.82) is 0 Å². The van der Waals surface area contributed by atoms with E-state index in [-0.39, 0.29) is 17.3 Å². The molecule has 3 fully saturated rings. The van der Waals surface area contributed by atoms with Crippen LogP contribution in [0.2, 0.25) is 0 Å². The van der Waals surface area contributed by atoms with E-state index < -0.39 is 5.23 Å². The third-order valence-corrected chi connectivity index (χ3v) is 7.65. The van der Waals surface area contributed by atoms with E-state index in [0.717, 1.165) is 76.3 Å². The lowest BCUT2D eigenvalue weighted by Crippen LogP contribution is -3.14.